The molecule has 0 aliphatic carbocycles. The molecule has 0 saturated heterocycles. The first-order valence-corrected chi connectivity index (χ1v) is 8.86. The van der Waals surface area contributed by atoms with E-state index < -0.39 is 0 Å². The molecular weight excluding hydrogens is 347 g/mol. The van der Waals surface area contributed by atoms with Crippen LogP contribution >= 0.6 is 0 Å². The van der Waals surface area contributed by atoms with Crippen LogP contribution in [0.15, 0.2) is 53.7 Å². The van der Waals surface area contributed by atoms with Crippen molar-refractivity contribution in [2.45, 2.75) is 26.0 Å². The van der Waals surface area contributed by atoms with Crippen LogP contribution in [0.3, 0.4) is 0 Å². The molecule has 0 N–H and O–H groups in total. The SMILES string of the molecule is COCC(=O)N(Cc1ccccc1F)C[C@H]1CC(c2ccc(C)cc2)=NO1. The van der Waals surface area contributed by atoms with E-state index in [0.29, 0.717) is 18.5 Å². The van der Waals surface area contributed by atoms with E-state index in [-0.39, 0.29) is 31.0 Å². The van der Waals surface area contributed by atoms with Crippen LogP contribution in [0.5, 0.6) is 0 Å². The van der Waals surface area contributed by atoms with Crippen LogP contribution in [0, 0.1) is 12.7 Å². The average Bonchev–Trinajstić information content (AvgIpc) is 3.12. The van der Waals surface area contributed by atoms with Crippen LogP contribution in [0.1, 0.15) is 23.1 Å². The summed E-state index contributed by atoms with van der Waals surface area (Å²) in [6.45, 7) is 2.44. The van der Waals surface area contributed by atoms with Crippen molar-refractivity contribution in [1.82, 2.24) is 4.90 Å². The van der Waals surface area contributed by atoms with E-state index in [9.17, 15) is 9.18 Å². The lowest BCUT2D eigenvalue weighted by atomic mass is 10.0. The Labute approximate surface area is 158 Å². The minimum atomic E-state index is -0.336. The van der Waals surface area contributed by atoms with Crippen molar-refractivity contribution >= 4 is 11.6 Å². The number of rotatable bonds is 7. The van der Waals surface area contributed by atoms with Crippen molar-refractivity contribution in [3.63, 3.8) is 0 Å². The fourth-order valence-electron chi connectivity index (χ4n) is 2.99. The summed E-state index contributed by atoms with van der Waals surface area (Å²) in [6.07, 6.45) is 0.325. The molecule has 1 aliphatic rings. The monoisotopic (exact) mass is 370 g/mol. The summed E-state index contributed by atoms with van der Waals surface area (Å²) in [5.74, 6) is -0.551. The van der Waals surface area contributed by atoms with Gasteiger partial charge in [0.05, 0.1) is 12.3 Å². The van der Waals surface area contributed by atoms with Crippen molar-refractivity contribution in [3.05, 3.63) is 71.0 Å². The number of nitrogens with zero attached hydrogens (tertiary/aromatic N) is 2. The normalized spacial score (nSPS) is 16.0. The number of hydrogen-bond donors (Lipinski definition) is 0. The second-order valence-corrected chi connectivity index (χ2v) is 6.63. The highest BCUT2D eigenvalue weighted by Crippen LogP contribution is 2.19. The number of ether oxygens (including phenoxy) is 1. The third kappa shape index (κ3) is 4.92. The first kappa shape index (κ1) is 19.0. The zero-order valence-electron chi connectivity index (χ0n) is 15.5. The Morgan fingerprint density at radius 1 is 1.26 bits per heavy atom. The molecule has 1 amide bonds. The third-order valence-corrected chi connectivity index (χ3v) is 4.48. The number of halogens is 1. The maximum absolute atomic E-state index is 14.0. The molecule has 27 heavy (non-hydrogen) atoms. The maximum Gasteiger partial charge on any atom is 0.248 e. The second kappa shape index (κ2) is 8.77. The molecule has 0 spiro atoms. The number of amides is 1. The Morgan fingerprint density at radius 2 is 2.00 bits per heavy atom. The highest BCUT2D eigenvalue weighted by atomic mass is 19.1. The molecule has 2 aromatic rings. The lowest BCUT2D eigenvalue weighted by Crippen LogP contribution is -2.39. The van der Waals surface area contributed by atoms with E-state index >= 15 is 0 Å². The molecule has 0 bridgehead atoms. The molecule has 2 aromatic carbocycles. The van der Waals surface area contributed by atoms with Crippen molar-refractivity contribution in [1.29, 1.82) is 0 Å². The van der Waals surface area contributed by atoms with Crippen molar-refractivity contribution in [2.75, 3.05) is 20.3 Å². The molecule has 0 fully saturated rings. The van der Waals surface area contributed by atoms with Gasteiger partial charge in [-0.05, 0) is 18.6 Å². The fourth-order valence-corrected chi connectivity index (χ4v) is 2.99. The van der Waals surface area contributed by atoms with Gasteiger partial charge in [0.1, 0.15) is 12.4 Å². The molecule has 1 aliphatic heterocycles. The summed E-state index contributed by atoms with van der Waals surface area (Å²) in [5, 5.41) is 4.17. The molecular formula is C21H23FN2O3. The van der Waals surface area contributed by atoms with E-state index in [4.69, 9.17) is 9.57 Å². The first-order chi connectivity index (χ1) is 13.1. The summed E-state index contributed by atoms with van der Waals surface area (Å²) in [7, 11) is 1.46. The molecule has 3 rings (SSSR count). The zero-order chi connectivity index (χ0) is 19.2. The van der Waals surface area contributed by atoms with Crippen molar-refractivity contribution < 1.29 is 18.8 Å². The molecule has 6 heteroatoms. The molecule has 5 nitrogen and oxygen atoms in total. The summed E-state index contributed by atoms with van der Waals surface area (Å²) >= 11 is 0. The van der Waals surface area contributed by atoms with E-state index in [2.05, 4.69) is 5.16 Å². The van der Waals surface area contributed by atoms with Crippen LogP contribution in [0.2, 0.25) is 0 Å². The number of hydrogen-bond acceptors (Lipinski definition) is 4. The van der Waals surface area contributed by atoms with Crippen LogP contribution in [0.25, 0.3) is 0 Å². The van der Waals surface area contributed by atoms with E-state index in [0.717, 1.165) is 11.3 Å². The number of carbonyl (C=O) groups is 1. The number of aryl methyl sites for hydroxylation is 1. The number of benzene rings is 2. The van der Waals surface area contributed by atoms with Gasteiger partial charge in [-0.25, -0.2) is 4.39 Å². The fraction of sp³-hybridized carbons (Fsp3) is 0.333. The summed E-state index contributed by atoms with van der Waals surface area (Å²) in [5.41, 5.74) is 3.49. The maximum atomic E-state index is 14.0. The molecule has 0 saturated carbocycles. The second-order valence-electron chi connectivity index (χ2n) is 6.63. The Kier molecular flexibility index (Phi) is 6.19. The van der Waals surface area contributed by atoms with Gasteiger partial charge in [-0.15, -0.1) is 0 Å². The van der Waals surface area contributed by atoms with Gasteiger partial charge in [-0.1, -0.05) is 53.2 Å². The van der Waals surface area contributed by atoms with E-state index in [1.165, 1.54) is 18.7 Å². The first-order valence-electron chi connectivity index (χ1n) is 8.86. The standard InChI is InChI=1S/C21H23FN2O3/c1-15-7-9-16(10-8-15)20-11-18(27-23-20)13-24(21(25)14-26-2)12-17-5-3-4-6-19(17)22/h3-10,18H,11-14H2,1-2H3/t18-/m1/s1. The van der Waals surface area contributed by atoms with Gasteiger partial charge < -0.3 is 14.5 Å². The largest absolute Gasteiger partial charge is 0.390 e. The molecule has 1 atom stereocenters. The Balaban J connectivity index is 1.67. The van der Waals surface area contributed by atoms with Crippen molar-refractivity contribution in [3.8, 4) is 0 Å². The summed E-state index contributed by atoms with van der Waals surface area (Å²) in [6, 6.07) is 14.5. The van der Waals surface area contributed by atoms with E-state index in [1.54, 1.807) is 23.1 Å². The Bertz CT molecular complexity index is 820. The molecule has 0 radical (unpaired) electrons. The molecule has 0 aromatic heterocycles. The summed E-state index contributed by atoms with van der Waals surface area (Å²) < 4.78 is 19.0. The van der Waals surface area contributed by atoms with Crippen LogP contribution in [-0.2, 0) is 20.9 Å². The van der Waals surface area contributed by atoms with Crippen LogP contribution < -0.4 is 0 Å². The van der Waals surface area contributed by atoms with Gasteiger partial charge in [0.25, 0.3) is 0 Å². The lowest BCUT2D eigenvalue weighted by Gasteiger charge is -2.25. The third-order valence-electron chi connectivity index (χ3n) is 4.48. The van der Waals surface area contributed by atoms with Gasteiger partial charge in [0.15, 0.2) is 6.10 Å². The van der Waals surface area contributed by atoms with Gasteiger partial charge in [0.2, 0.25) is 5.91 Å². The van der Waals surface area contributed by atoms with Gasteiger partial charge in [-0.2, -0.15) is 0 Å². The van der Waals surface area contributed by atoms with Gasteiger partial charge in [-0.3, -0.25) is 4.79 Å². The minimum absolute atomic E-state index is 0.0626. The highest BCUT2D eigenvalue weighted by Gasteiger charge is 2.27. The predicted octanol–water partition coefficient (Wildman–Crippen LogP) is 3.30. The Morgan fingerprint density at radius 3 is 2.70 bits per heavy atom. The smallest absolute Gasteiger partial charge is 0.248 e. The molecule has 1 heterocycles. The number of carbonyl (C=O) groups excluding carboxylic acids is 1. The van der Waals surface area contributed by atoms with Gasteiger partial charge >= 0.3 is 0 Å². The van der Waals surface area contributed by atoms with Crippen LogP contribution in [0.4, 0.5) is 4.39 Å². The summed E-state index contributed by atoms with van der Waals surface area (Å²) in [4.78, 5) is 19.5. The molecule has 0 unspecified atom stereocenters. The van der Waals surface area contributed by atoms with Crippen LogP contribution in [-0.4, -0.2) is 42.9 Å². The quantitative estimate of drug-likeness (QED) is 0.751. The molecule has 142 valence electrons. The van der Waals surface area contributed by atoms with E-state index in [1.807, 2.05) is 31.2 Å². The average molecular weight is 370 g/mol. The minimum Gasteiger partial charge on any atom is -0.390 e. The number of methoxy groups -OCH3 is 1. The van der Waals surface area contributed by atoms with Gasteiger partial charge in [0, 0.05) is 25.6 Å². The number of oxime groups is 1. The zero-order valence-corrected chi connectivity index (χ0v) is 15.5. The topological polar surface area (TPSA) is 51.1 Å². The predicted molar refractivity (Wildman–Crippen MR) is 101 cm³/mol. The Hall–Kier alpha value is -2.73. The van der Waals surface area contributed by atoms with Crippen molar-refractivity contribution in [2.24, 2.45) is 5.16 Å². The lowest BCUT2D eigenvalue weighted by molar-refractivity contribution is -0.137. The highest BCUT2D eigenvalue weighted by molar-refractivity contribution is 6.01.